The Balaban J connectivity index is 1.47. The minimum absolute atomic E-state index is 0.172. The van der Waals surface area contributed by atoms with Crippen LogP contribution < -0.4 is 0 Å². The fourth-order valence-electron chi connectivity index (χ4n) is 4.36. The number of esters is 1. The van der Waals surface area contributed by atoms with Crippen molar-refractivity contribution in [3.63, 3.8) is 0 Å². The summed E-state index contributed by atoms with van der Waals surface area (Å²) in [6.45, 7) is 0.0717. The van der Waals surface area contributed by atoms with E-state index in [9.17, 15) is 9.90 Å². The van der Waals surface area contributed by atoms with E-state index in [1.165, 1.54) is 0 Å². The molecule has 3 aromatic rings. The summed E-state index contributed by atoms with van der Waals surface area (Å²) < 4.78 is 5.45. The average molecular weight is 378 g/mol. The van der Waals surface area contributed by atoms with Crippen molar-refractivity contribution in [1.82, 2.24) is 10.0 Å². The van der Waals surface area contributed by atoms with Crippen molar-refractivity contribution in [3.8, 4) is 0 Å². The zero-order valence-electron chi connectivity index (χ0n) is 15.4. The van der Waals surface area contributed by atoms with Crippen LogP contribution in [0, 0.1) is 0 Å². The molecule has 144 valence electrons. The molecule has 2 aliphatic rings. The van der Waals surface area contributed by atoms with Crippen molar-refractivity contribution < 1.29 is 19.5 Å². The molecule has 3 heterocycles. The molecule has 2 aromatic carbocycles. The second kappa shape index (κ2) is 6.74. The van der Waals surface area contributed by atoms with Crippen molar-refractivity contribution in [2.24, 2.45) is 0 Å². The second-order valence-electron chi connectivity index (χ2n) is 7.61. The van der Waals surface area contributed by atoms with Crippen molar-refractivity contribution in [2.45, 2.75) is 30.5 Å². The molecule has 2 N–H and O–H groups in total. The largest absolute Gasteiger partial charge is 0.462 e. The number of ether oxygens (including phenoxy) is 1. The predicted molar refractivity (Wildman–Crippen MR) is 103 cm³/mol. The zero-order valence-corrected chi connectivity index (χ0v) is 15.4. The molecule has 6 heteroatoms. The van der Waals surface area contributed by atoms with Gasteiger partial charge in [0.1, 0.15) is 18.2 Å². The maximum Gasteiger partial charge on any atom is 0.325 e. The lowest BCUT2D eigenvalue weighted by Gasteiger charge is -2.35. The number of aliphatic hydroxyl groups excluding tert-OH is 1. The van der Waals surface area contributed by atoms with Crippen molar-refractivity contribution in [2.75, 3.05) is 13.2 Å². The Hall–Kier alpha value is -2.67. The molecule has 5 rings (SSSR count). The minimum atomic E-state index is -0.855. The number of H-pyrrole nitrogens is 1. The topological polar surface area (TPSA) is 74.8 Å². The van der Waals surface area contributed by atoms with E-state index < -0.39 is 11.6 Å². The van der Waals surface area contributed by atoms with Crippen LogP contribution >= 0.6 is 0 Å². The number of aromatic nitrogens is 1. The molecule has 2 aliphatic heterocycles. The van der Waals surface area contributed by atoms with Gasteiger partial charge in [-0.1, -0.05) is 48.5 Å². The third-order valence-electron chi connectivity index (χ3n) is 5.79. The van der Waals surface area contributed by atoms with Gasteiger partial charge in [-0.25, -0.2) is 0 Å². The van der Waals surface area contributed by atoms with Crippen molar-refractivity contribution >= 4 is 16.9 Å². The summed E-state index contributed by atoms with van der Waals surface area (Å²) in [7, 11) is 0. The second-order valence-corrected chi connectivity index (χ2v) is 7.61. The molecule has 3 atom stereocenters. The number of hydrogen-bond donors (Lipinski definition) is 2. The van der Waals surface area contributed by atoms with E-state index in [-0.39, 0.29) is 25.2 Å². The summed E-state index contributed by atoms with van der Waals surface area (Å²) in [5, 5.41) is 13.1. The van der Waals surface area contributed by atoms with Crippen LogP contribution in [0.3, 0.4) is 0 Å². The quantitative estimate of drug-likeness (QED) is 0.683. The highest BCUT2D eigenvalue weighted by molar-refractivity contribution is 5.83. The summed E-state index contributed by atoms with van der Waals surface area (Å²) in [4.78, 5) is 22.0. The van der Waals surface area contributed by atoms with Crippen LogP contribution in [-0.4, -0.2) is 46.0 Å². The Morgan fingerprint density at radius 1 is 1.11 bits per heavy atom. The summed E-state index contributed by atoms with van der Waals surface area (Å²) in [6.07, 6.45) is 2.86. The van der Waals surface area contributed by atoms with Crippen LogP contribution in [0.15, 0.2) is 60.8 Å². The Bertz CT molecular complexity index is 1000. The van der Waals surface area contributed by atoms with E-state index in [4.69, 9.17) is 9.57 Å². The third kappa shape index (κ3) is 2.81. The lowest BCUT2D eigenvalue weighted by atomic mass is 9.89. The molecule has 2 fully saturated rings. The van der Waals surface area contributed by atoms with Crippen LogP contribution in [0.4, 0.5) is 0 Å². The standard InChI is InChI=1S/C22H22N2O4/c25-14-22(10-16-12-23-18-9-5-4-8-17(16)18)11-19-21(26)27-13-20(24(19)28-22)15-6-2-1-3-7-15/h1-9,12,19-20,23,25H,10-11,13-14H2/t19-,20+,22-/m0/s1. The van der Waals surface area contributed by atoms with Gasteiger partial charge in [-0.2, -0.15) is 5.06 Å². The van der Waals surface area contributed by atoms with Gasteiger partial charge in [0, 0.05) is 29.9 Å². The van der Waals surface area contributed by atoms with Gasteiger partial charge in [-0.3, -0.25) is 9.63 Å². The van der Waals surface area contributed by atoms with E-state index in [1.807, 2.05) is 54.7 Å². The highest BCUT2D eigenvalue weighted by Crippen LogP contribution is 2.42. The van der Waals surface area contributed by atoms with E-state index in [0.717, 1.165) is 22.0 Å². The molecule has 1 aromatic heterocycles. The number of carbonyl (C=O) groups is 1. The van der Waals surface area contributed by atoms with Crippen LogP contribution in [0.25, 0.3) is 10.9 Å². The fraction of sp³-hybridized carbons (Fsp3) is 0.318. The number of benzene rings is 2. The molecule has 0 radical (unpaired) electrons. The molecule has 0 unspecified atom stereocenters. The molecular weight excluding hydrogens is 356 g/mol. The summed E-state index contributed by atoms with van der Waals surface area (Å²) in [5.74, 6) is -0.290. The molecule has 0 aliphatic carbocycles. The summed E-state index contributed by atoms with van der Waals surface area (Å²) in [6, 6.07) is 17.2. The molecule has 2 saturated heterocycles. The number of aliphatic hydroxyl groups is 1. The van der Waals surface area contributed by atoms with E-state index >= 15 is 0 Å². The van der Waals surface area contributed by atoms with Crippen molar-refractivity contribution in [1.29, 1.82) is 0 Å². The van der Waals surface area contributed by atoms with Gasteiger partial charge >= 0.3 is 5.97 Å². The van der Waals surface area contributed by atoms with Gasteiger partial charge in [-0.15, -0.1) is 0 Å². The predicted octanol–water partition coefficient (Wildman–Crippen LogP) is 2.75. The number of rotatable bonds is 4. The maximum atomic E-state index is 12.4. The van der Waals surface area contributed by atoms with E-state index in [0.29, 0.717) is 12.8 Å². The maximum absolute atomic E-state index is 12.4. The molecular formula is C22H22N2O4. The van der Waals surface area contributed by atoms with Crippen LogP contribution in [0.5, 0.6) is 0 Å². The fourth-order valence-corrected chi connectivity index (χ4v) is 4.36. The first-order chi connectivity index (χ1) is 13.7. The lowest BCUT2D eigenvalue weighted by molar-refractivity contribution is -0.257. The monoisotopic (exact) mass is 378 g/mol. The Morgan fingerprint density at radius 3 is 2.71 bits per heavy atom. The number of cyclic esters (lactones) is 1. The van der Waals surface area contributed by atoms with Crippen molar-refractivity contribution in [3.05, 3.63) is 71.9 Å². The van der Waals surface area contributed by atoms with Gasteiger partial charge in [0.05, 0.1) is 12.6 Å². The van der Waals surface area contributed by atoms with E-state index in [1.54, 1.807) is 5.06 Å². The summed E-state index contributed by atoms with van der Waals surface area (Å²) in [5.41, 5.74) is 2.28. The van der Waals surface area contributed by atoms with Crippen LogP contribution in [0.2, 0.25) is 0 Å². The molecule has 0 bridgehead atoms. The number of hydroxylamine groups is 2. The smallest absolute Gasteiger partial charge is 0.325 e. The van der Waals surface area contributed by atoms with Crippen LogP contribution in [0.1, 0.15) is 23.6 Å². The molecule has 6 nitrogen and oxygen atoms in total. The van der Waals surface area contributed by atoms with Crippen LogP contribution in [-0.2, 0) is 20.8 Å². The SMILES string of the molecule is O=C1OC[C@H](c2ccccc2)N2O[C@@](CO)(Cc3c[nH]c4ccccc34)C[C@@H]12. The minimum Gasteiger partial charge on any atom is -0.462 e. The highest BCUT2D eigenvalue weighted by Gasteiger charge is 2.54. The number of nitrogens with one attached hydrogen (secondary N) is 1. The Morgan fingerprint density at radius 2 is 1.89 bits per heavy atom. The first kappa shape index (κ1) is 17.4. The molecule has 0 amide bonds. The normalized spacial score (nSPS) is 27.7. The highest BCUT2D eigenvalue weighted by atomic mass is 16.7. The Kier molecular flexibility index (Phi) is 4.19. The number of aromatic amines is 1. The number of fused-ring (bicyclic) bond motifs is 2. The summed E-state index contributed by atoms with van der Waals surface area (Å²) >= 11 is 0. The third-order valence-corrected chi connectivity index (χ3v) is 5.79. The van der Waals surface area contributed by atoms with E-state index in [2.05, 4.69) is 11.1 Å². The average Bonchev–Trinajstić information content (AvgIpc) is 3.32. The number of hydrogen-bond acceptors (Lipinski definition) is 5. The lowest BCUT2D eigenvalue weighted by Crippen LogP contribution is -2.46. The molecule has 0 spiro atoms. The van der Waals surface area contributed by atoms with Gasteiger partial charge in [-0.05, 0) is 17.2 Å². The zero-order chi connectivity index (χ0) is 19.1. The van der Waals surface area contributed by atoms with Gasteiger partial charge < -0.3 is 14.8 Å². The number of morpholine rings is 1. The van der Waals surface area contributed by atoms with Gasteiger partial charge in [0.2, 0.25) is 0 Å². The molecule has 0 saturated carbocycles. The van der Waals surface area contributed by atoms with Gasteiger partial charge in [0.25, 0.3) is 0 Å². The number of para-hydroxylation sites is 1. The first-order valence-corrected chi connectivity index (χ1v) is 9.54. The molecule has 28 heavy (non-hydrogen) atoms. The number of carbonyl (C=O) groups excluding carboxylic acids is 1. The first-order valence-electron chi connectivity index (χ1n) is 9.54. The Labute approximate surface area is 162 Å². The van der Waals surface area contributed by atoms with Gasteiger partial charge in [0.15, 0.2) is 0 Å². The number of nitrogens with zero attached hydrogens (tertiary/aromatic N) is 1.